The maximum absolute atomic E-state index is 13.3. The highest BCUT2D eigenvalue weighted by Gasteiger charge is 2.34. The van der Waals surface area contributed by atoms with E-state index in [2.05, 4.69) is 28.0 Å². The molecule has 2 aromatic carbocycles. The van der Waals surface area contributed by atoms with Gasteiger partial charge in [0.25, 0.3) is 0 Å². The third-order valence-electron chi connectivity index (χ3n) is 6.03. The minimum Gasteiger partial charge on any atom is -0.341 e. The number of carbonyl (C=O) groups is 1. The molecule has 0 bridgehead atoms. The first-order valence-electron chi connectivity index (χ1n) is 10.5. The Bertz CT molecular complexity index is 845. The highest BCUT2D eigenvalue weighted by molar-refractivity contribution is 5.83. The van der Waals surface area contributed by atoms with Crippen LogP contribution in [0.15, 0.2) is 54.6 Å². The summed E-state index contributed by atoms with van der Waals surface area (Å²) in [7, 11) is 0. The topological polar surface area (TPSA) is 50.6 Å². The molecule has 5 heteroatoms. The molecule has 2 fully saturated rings. The second kappa shape index (κ2) is 9.21. The van der Waals surface area contributed by atoms with Gasteiger partial charge in [0, 0.05) is 45.8 Å². The second-order valence-electron chi connectivity index (χ2n) is 7.97. The molecule has 4 rings (SSSR count). The van der Waals surface area contributed by atoms with Crippen LogP contribution in [0.3, 0.4) is 0 Å². The standard InChI is InChI=1S/C24H28N4O/c25-18-20-8-10-21(11-9-20)19-26-14-16-27(17-15-26)23(22-6-2-1-3-7-22)24(29)28-12-4-5-13-28/h1-3,6-11,23H,4-5,12-17,19H2/t23-/m0/s1. The first kappa shape index (κ1) is 19.6. The molecule has 150 valence electrons. The number of piperazine rings is 1. The third kappa shape index (κ3) is 4.67. The van der Waals surface area contributed by atoms with Crippen molar-refractivity contribution < 1.29 is 4.79 Å². The highest BCUT2D eigenvalue weighted by Crippen LogP contribution is 2.26. The molecule has 29 heavy (non-hydrogen) atoms. The molecule has 2 saturated heterocycles. The van der Waals surface area contributed by atoms with Crippen LogP contribution in [-0.2, 0) is 11.3 Å². The summed E-state index contributed by atoms with van der Waals surface area (Å²) in [5, 5.41) is 8.95. The summed E-state index contributed by atoms with van der Waals surface area (Å²) >= 11 is 0. The van der Waals surface area contributed by atoms with E-state index in [0.29, 0.717) is 5.56 Å². The van der Waals surface area contributed by atoms with Gasteiger partial charge in [0.15, 0.2) is 0 Å². The summed E-state index contributed by atoms with van der Waals surface area (Å²) in [6.45, 7) is 6.31. The summed E-state index contributed by atoms with van der Waals surface area (Å²) in [5.41, 5.74) is 3.03. The molecule has 0 unspecified atom stereocenters. The van der Waals surface area contributed by atoms with E-state index in [1.54, 1.807) is 0 Å². The van der Waals surface area contributed by atoms with Crippen LogP contribution >= 0.6 is 0 Å². The summed E-state index contributed by atoms with van der Waals surface area (Å²) < 4.78 is 0. The van der Waals surface area contributed by atoms with Gasteiger partial charge in [-0.2, -0.15) is 5.26 Å². The molecule has 2 aromatic rings. The maximum Gasteiger partial charge on any atom is 0.244 e. The minimum absolute atomic E-state index is 0.175. The first-order chi connectivity index (χ1) is 14.2. The van der Waals surface area contributed by atoms with Gasteiger partial charge in [-0.05, 0) is 36.1 Å². The fourth-order valence-corrected chi connectivity index (χ4v) is 4.38. The predicted molar refractivity (Wildman–Crippen MR) is 113 cm³/mol. The lowest BCUT2D eigenvalue weighted by Gasteiger charge is -2.40. The van der Waals surface area contributed by atoms with Crippen LogP contribution in [0.25, 0.3) is 0 Å². The number of nitrogens with zero attached hydrogens (tertiary/aromatic N) is 4. The Balaban J connectivity index is 1.42. The molecule has 1 amide bonds. The Morgan fingerprint density at radius 1 is 0.897 bits per heavy atom. The molecule has 0 saturated carbocycles. The monoisotopic (exact) mass is 388 g/mol. The molecular formula is C24H28N4O. The number of rotatable bonds is 5. The molecule has 2 aliphatic heterocycles. The maximum atomic E-state index is 13.3. The van der Waals surface area contributed by atoms with Crippen molar-refractivity contribution >= 4 is 5.91 Å². The van der Waals surface area contributed by atoms with Gasteiger partial charge in [0.05, 0.1) is 11.6 Å². The van der Waals surface area contributed by atoms with E-state index < -0.39 is 0 Å². The fraction of sp³-hybridized carbons (Fsp3) is 0.417. The van der Waals surface area contributed by atoms with E-state index in [4.69, 9.17) is 5.26 Å². The Morgan fingerprint density at radius 3 is 2.17 bits per heavy atom. The fourth-order valence-electron chi connectivity index (χ4n) is 4.38. The summed E-state index contributed by atoms with van der Waals surface area (Å²) in [5.74, 6) is 0.259. The molecule has 0 radical (unpaired) electrons. The molecule has 2 heterocycles. The van der Waals surface area contributed by atoms with Crippen LogP contribution in [-0.4, -0.2) is 59.9 Å². The highest BCUT2D eigenvalue weighted by atomic mass is 16.2. The van der Waals surface area contributed by atoms with Crippen molar-refractivity contribution in [3.8, 4) is 6.07 Å². The lowest BCUT2D eigenvalue weighted by Crippen LogP contribution is -2.51. The first-order valence-corrected chi connectivity index (χ1v) is 10.5. The molecule has 2 aliphatic rings. The zero-order valence-corrected chi connectivity index (χ0v) is 16.8. The second-order valence-corrected chi connectivity index (χ2v) is 7.97. The number of benzene rings is 2. The van der Waals surface area contributed by atoms with Gasteiger partial charge in [0.1, 0.15) is 6.04 Å². The lowest BCUT2D eigenvalue weighted by atomic mass is 10.0. The summed E-state index contributed by atoms with van der Waals surface area (Å²) in [6.07, 6.45) is 2.23. The predicted octanol–water partition coefficient (Wildman–Crippen LogP) is 3.04. The smallest absolute Gasteiger partial charge is 0.244 e. The van der Waals surface area contributed by atoms with E-state index in [1.807, 2.05) is 47.4 Å². The van der Waals surface area contributed by atoms with Gasteiger partial charge < -0.3 is 4.90 Å². The van der Waals surface area contributed by atoms with E-state index in [-0.39, 0.29) is 11.9 Å². The largest absolute Gasteiger partial charge is 0.341 e. The molecule has 0 aliphatic carbocycles. The van der Waals surface area contributed by atoms with Crippen LogP contribution in [0.1, 0.15) is 35.6 Å². The Morgan fingerprint density at radius 2 is 1.55 bits per heavy atom. The van der Waals surface area contributed by atoms with Gasteiger partial charge in [-0.15, -0.1) is 0 Å². The zero-order valence-electron chi connectivity index (χ0n) is 16.8. The van der Waals surface area contributed by atoms with Gasteiger partial charge in [-0.3, -0.25) is 14.6 Å². The van der Waals surface area contributed by atoms with Gasteiger partial charge in [-0.25, -0.2) is 0 Å². The Hall–Kier alpha value is -2.68. The van der Waals surface area contributed by atoms with Crippen LogP contribution in [0.4, 0.5) is 0 Å². The molecular weight excluding hydrogens is 360 g/mol. The number of hydrogen-bond donors (Lipinski definition) is 0. The molecule has 0 N–H and O–H groups in total. The number of hydrogen-bond acceptors (Lipinski definition) is 4. The van der Waals surface area contributed by atoms with Crippen LogP contribution in [0, 0.1) is 11.3 Å². The van der Waals surface area contributed by atoms with Crippen molar-refractivity contribution in [3.05, 3.63) is 71.3 Å². The van der Waals surface area contributed by atoms with Crippen LogP contribution < -0.4 is 0 Å². The average molecular weight is 389 g/mol. The van der Waals surface area contributed by atoms with Crippen LogP contribution in [0.2, 0.25) is 0 Å². The van der Waals surface area contributed by atoms with Crippen molar-refractivity contribution in [1.29, 1.82) is 5.26 Å². The Kier molecular flexibility index (Phi) is 6.24. The Labute approximate surface area is 173 Å². The average Bonchev–Trinajstić information content (AvgIpc) is 3.31. The normalized spacial score (nSPS) is 19.1. The number of carbonyl (C=O) groups excluding carboxylic acids is 1. The molecule has 5 nitrogen and oxygen atoms in total. The van der Waals surface area contributed by atoms with Gasteiger partial charge >= 0.3 is 0 Å². The van der Waals surface area contributed by atoms with Crippen LogP contribution in [0.5, 0.6) is 0 Å². The van der Waals surface area contributed by atoms with E-state index in [1.165, 1.54) is 5.56 Å². The number of nitriles is 1. The molecule has 1 atom stereocenters. The SMILES string of the molecule is N#Cc1ccc(CN2CCN([C@H](C(=O)N3CCCC3)c3ccccc3)CC2)cc1. The van der Waals surface area contributed by atoms with Crippen molar-refractivity contribution in [2.75, 3.05) is 39.3 Å². The van der Waals surface area contributed by atoms with Crippen molar-refractivity contribution in [2.24, 2.45) is 0 Å². The van der Waals surface area contributed by atoms with Crippen molar-refractivity contribution in [2.45, 2.75) is 25.4 Å². The van der Waals surface area contributed by atoms with Crippen molar-refractivity contribution in [3.63, 3.8) is 0 Å². The summed E-state index contributed by atoms with van der Waals surface area (Å²) in [6, 6.07) is 20.1. The lowest BCUT2D eigenvalue weighted by molar-refractivity contribution is -0.137. The van der Waals surface area contributed by atoms with Crippen molar-refractivity contribution in [1.82, 2.24) is 14.7 Å². The minimum atomic E-state index is -0.175. The summed E-state index contributed by atoms with van der Waals surface area (Å²) in [4.78, 5) is 20.1. The van der Waals surface area contributed by atoms with Gasteiger partial charge in [0.2, 0.25) is 5.91 Å². The van der Waals surface area contributed by atoms with E-state index >= 15 is 0 Å². The number of amides is 1. The molecule has 0 aromatic heterocycles. The quantitative estimate of drug-likeness (QED) is 0.790. The zero-order chi connectivity index (χ0) is 20.1. The van der Waals surface area contributed by atoms with Gasteiger partial charge in [-0.1, -0.05) is 42.5 Å². The number of likely N-dealkylation sites (tertiary alicyclic amines) is 1. The third-order valence-corrected chi connectivity index (χ3v) is 6.03. The molecule has 0 spiro atoms. The van der Waals surface area contributed by atoms with E-state index in [0.717, 1.165) is 64.2 Å². The van der Waals surface area contributed by atoms with E-state index in [9.17, 15) is 4.79 Å².